The Balaban J connectivity index is 1.96. The summed E-state index contributed by atoms with van der Waals surface area (Å²) in [5.41, 5.74) is 1.30. The van der Waals surface area contributed by atoms with Crippen LogP contribution in [0.25, 0.3) is 10.4 Å². The van der Waals surface area contributed by atoms with Gasteiger partial charge in [-0.3, -0.25) is 0 Å². The average molecular weight is 257 g/mol. The highest BCUT2D eigenvalue weighted by atomic mass is 32.1. The van der Waals surface area contributed by atoms with Crippen LogP contribution in [-0.2, 0) is 6.54 Å². The van der Waals surface area contributed by atoms with E-state index in [-0.39, 0.29) is 0 Å². The Morgan fingerprint density at radius 1 is 1.22 bits per heavy atom. The molecule has 0 radical (unpaired) electrons. The maximum atomic E-state index is 3.76. The topological polar surface area (TPSA) is 12.0 Å². The predicted octanol–water partition coefficient (Wildman–Crippen LogP) is 4.47. The van der Waals surface area contributed by atoms with Crippen molar-refractivity contribution in [1.82, 2.24) is 5.32 Å². The second kappa shape index (κ2) is 6.53. The van der Waals surface area contributed by atoms with Gasteiger partial charge in [-0.05, 0) is 31.0 Å². The highest BCUT2D eigenvalue weighted by molar-refractivity contribution is 7.15. The molecule has 0 aliphatic carbocycles. The fourth-order valence-corrected chi connectivity index (χ4v) is 2.80. The molecule has 1 aromatic carbocycles. The van der Waals surface area contributed by atoms with E-state index in [2.05, 4.69) is 61.3 Å². The van der Waals surface area contributed by atoms with E-state index >= 15 is 0 Å². The Kier molecular flexibility index (Phi) is 4.73. The molecule has 0 spiro atoms. The van der Waals surface area contributed by atoms with Gasteiger partial charge in [0.2, 0.25) is 0 Å². The van der Waals surface area contributed by atoms with E-state index in [0.717, 1.165) is 13.0 Å². The molecular formula is C16H19NS. The molecule has 94 valence electrons. The molecule has 0 aliphatic heterocycles. The molecule has 2 heteroatoms. The van der Waals surface area contributed by atoms with Gasteiger partial charge in [-0.2, -0.15) is 0 Å². The summed E-state index contributed by atoms with van der Waals surface area (Å²) in [6, 6.07) is 15.4. The molecule has 0 saturated carbocycles. The average Bonchev–Trinajstić information content (AvgIpc) is 2.87. The highest BCUT2D eigenvalue weighted by Gasteiger charge is 2.04. The maximum absolute atomic E-state index is 3.76. The monoisotopic (exact) mass is 257 g/mol. The summed E-state index contributed by atoms with van der Waals surface area (Å²) in [6.45, 7) is 6.89. The minimum absolute atomic E-state index is 0.491. The standard InChI is InChI=1S/C16H19NS/c1-3-7-13(2)17-12-15-10-11-16(18-15)14-8-5-4-6-9-14/h3-6,8-11,13,17H,1,7,12H2,2H3. The summed E-state index contributed by atoms with van der Waals surface area (Å²) in [6.07, 6.45) is 2.97. The molecule has 1 nitrogen and oxygen atoms in total. The van der Waals surface area contributed by atoms with E-state index in [1.807, 2.05) is 17.4 Å². The zero-order valence-corrected chi connectivity index (χ0v) is 11.5. The fraction of sp³-hybridized carbons (Fsp3) is 0.250. The zero-order valence-electron chi connectivity index (χ0n) is 10.7. The molecule has 2 rings (SSSR count). The third kappa shape index (κ3) is 3.56. The van der Waals surface area contributed by atoms with Crippen molar-refractivity contribution in [3.63, 3.8) is 0 Å². The molecular weight excluding hydrogens is 238 g/mol. The first kappa shape index (κ1) is 13.1. The van der Waals surface area contributed by atoms with Gasteiger partial charge in [0.15, 0.2) is 0 Å². The van der Waals surface area contributed by atoms with Crippen molar-refractivity contribution in [2.75, 3.05) is 0 Å². The van der Waals surface area contributed by atoms with E-state index in [4.69, 9.17) is 0 Å². The second-order valence-corrected chi connectivity index (χ2v) is 5.61. The van der Waals surface area contributed by atoms with Crippen LogP contribution in [0.3, 0.4) is 0 Å². The predicted molar refractivity (Wildman–Crippen MR) is 80.9 cm³/mol. The molecule has 1 aromatic heterocycles. The van der Waals surface area contributed by atoms with Gasteiger partial charge in [-0.25, -0.2) is 0 Å². The lowest BCUT2D eigenvalue weighted by Gasteiger charge is -2.09. The van der Waals surface area contributed by atoms with Crippen LogP contribution in [-0.4, -0.2) is 6.04 Å². The Labute approximate surface area is 113 Å². The molecule has 2 aromatic rings. The number of rotatable bonds is 6. The molecule has 1 N–H and O–H groups in total. The van der Waals surface area contributed by atoms with Gasteiger partial charge in [-0.15, -0.1) is 17.9 Å². The van der Waals surface area contributed by atoms with Crippen LogP contribution in [0.15, 0.2) is 55.1 Å². The van der Waals surface area contributed by atoms with E-state index in [1.165, 1.54) is 15.3 Å². The maximum Gasteiger partial charge on any atom is 0.0346 e. The Bertz CT molecular complexity index is 487. The molecule has 1 atom stereocenters. The number of thiophene rings is 1. The van der Waals surface area contributed by atoms with Gasteiger partial charge in [0.05, 0.1) is 0 Å². The van der Waals surface area contributed by atoms with Gasteiger partial charge >= 0.3 is 0 Å². The van der Waals surface area contributed by atoms with Crippen LogP contribution >= 0.6 is 11.3 Å². The molecule has 0 saturated heterocycles. The van der Waals surface area contributed by atoms with E-state index in [9.17, 15) is 0 Å². The molecule has 18 heavy (non-hydrogen) atoms. The fourth-order valence-electron chi connectivity index (χ4n) is 1.84. The molecule has 0 aliphatic rings. The minimum Gasteiger partial charge on any atom is -0.309 e. The van der Waals surface area contributed by atoms with Crippen molar-refractivity contribution in [3.05, 3.63) is 60.0 Å². The molecule has 0 fully saturated rings. The highest BCUT2D eigenvalue weighted by Crippen LogP contribution is 2.27. The van der Waals surface area contributed by atoms with E-state index in [1.54, 1.807) is 0 Å². The number of hydrogen-bond acceptors (Lipinski definition) is 2. The van der Waals surface area contributed by atoms with Gasteiger partial charge in [0, 0.05) is 22.3 Å². The van der Waals surface area contributed by atoms with Crippen molar-refractivity contribution < 1.29 is 0 Å². The first-order chi connectivity index (χ1) is 8.79. The number of nitrogens with one attached hydrogen (secondary N) is 1. The van der Waals surface area contributed by atoms with Crippen molar-refractivity contribution in [2.45, 2.75) is 25.9 Å². The number of benzene rings is 1. The minimum atomic E-state index is 0.491. The molecule has 1 unspecified atom stereocenters. The third-order valence-electron chi connectivity index (χ3n) is 2.86. The van der Waals surface area contributed by atoms with E-state index < -0.39 is 0 Å². The van der Waals surface area contributed by atoms with Crippen molar-refractivity contribution >= 4 is 11.3 Å². The van der Waals surface area contributed by atoms with Crippen LogP contribution in [0.1, 0.15) is 18.2 Å². The smallest absolute Gasteiger partial charge is 0.0346 e. The van der Waals surface area contributed by atoms with Gasteiger partial charge in [0.1, 0.15) is 0 Å². The third-order valence-corrected chi connectivity index (χ3v) is 4.00. The SMILES string of the molecule is C=CCC(C)NCc1ccc(-c2ccccc2)s1. The summed E-state index contributed by atoms with van der Waals surface area (Å²) in [7, 11) is 0. The lowest BCUT2D eigenvalue weighted by Crippen LogP contribution is -2.24. The summed E-state index contributed by atoms with van der Waals surface area (Å²) >= 11 is 1.86. The summed E-state index contributed by atoms with van der Waals surface area (Å²) < 4.78 is 0. The van der Waals surface area contributed by atoms with Crippen LogP contribution < -0.4 is 5.32 Å². The van der Waals surface area contributed by atoms with Crippen molar-refractivity contribution in [3.8, 4) is 10.4 Å². The zero-order chi connectivity index (χ0) is 12.8. The largest absolute Gasteiger partial charge is 0.309 e. The Morgan fingerprint density at radius 3 is 2.72 bits per heavy atom. The summed E-state index contributed by atoms with van der Waals surface area (Å²) in [4.78, 5) is 2.72. The quantitative estimate of drug-likeness (QED) is 0.753. The second-order valence-electron chi connectivity index (χ2n) is 4.44. The van der Waals surface area contributed by atoms with E-state index in [0.29, 0.717) is 6.04 Å². The number of hydrogen-bond donors (Lipinski definition) is 1. The van der Waals surface area contributed by atoms with Crippen LogP contribution in [0, 0.1) is 0 Å². The summed E-state index contributed by atoms with van der Waals surface area (Å²) in [5.74, 6) is 0. The van der Waals surface area contributed by atoms with Crippen LogP contribution in [0.4, 0.5) is 0 Å². The van der Waals surface area contributed by atoms with Gasteiger partial charge in [0.25, 0.3) is 0 Å². The molecule has 1 heterocycles. The van der Waals surface area contributed by atoms with Crippen LogP contribution in [0.5, 0.6) is 0 Å². The first-order valence-corrected chi connectivity index (χ1v) is 7.09. The van der Waals surface area contributed by atoms with Crippen LogP contribution in [0.2, 0.25) is 0 Å². The lowest BCUT2D eigenvalue weighted by molar-refractivity contribution is 0.557. The molecule has 0 amide bonds. The van der Waals surface area contributed by atoms with Gasteiger partial charge < -0.3 is 5.32 Å². The Morgan fingerprint density at radius 2 is 2.00 bits per heavy atom. The lowest BCUT2D eigenvalue weighted by atomic mass is 10.2. The molecule has 0 bridgehead atoms. The summed E-state index contributed by atoms with van der Waals surface area (Å²) in [5, 5.41) is 3.50. The first-order valence-electron chi connectivity index (χ1n) is 6.28. The van der Waals surface area contributed by atoms with Crippen molar-refractivity contribution in [2.24, 2.45) is 0 Å². The van der Waals surface area contributed by atoms with Crippen molar-refractivity contribution in [1.29, 1.82) is 0 Å². The Hall–Kier alpha value is -1.38. The normalized spacial score (nSPS) is 12.3. The van der Waals surface area contributed by atoms with Gasteiger partial charge in [-0.1, -0.05) is 36.4 Å².